The Balaban J connectivity index is 1.70. The number of urea groups is 1. The summed E-state index contributed by atoms with van der Waals surface area (Å²) < 4.78 is 5.36. The molecule has 1 unspecified atom stereocenters. The van der Waals surface area contributed by atoms with Crippen LogP contribution in [-0.4, -0.2) is 66.7 Å². The van der Waals surface area contributed by atoms with E-state index in [1.165, 1.54) is 19.3 Å². The maximum atomic E-state index is 13.0. The molecule has 2 aliphatic heterocycles. The predicted octanol–water partition coefficient (Wildman–Crippen LogP) is 4.17. The first-order valence-corrected chi connectivity index (χ1v) is 10.9. The Bertz CT molecular complexity index is 610. The van der Waals surface area contributed by atoms with Crippen LogP contribution in [0.15, 0.2) is 18.2 Å². The minimum absolute atomic E-state index is 0.0601. The number of methoxy groups -OCH3 is 1. The topological polar surface area (TPSA) is 44.8 Å². The van der Waals surface area contributed by atoms with Gasteiger partial charge in [0.1, 0.15) is 5.75 Å². The van der Waals surface area contributed by atoms with Crippen molar-refractivity contribution in [2.45, 2.75) is 31.7 Å². The highest BCUT2D eigenvalue weighted by Crippen LogP contribution is 2.28. The summed E-state index contributed by atoms with van der Waals surface area (Å²) in [4.78, 5) is 17.6. The summed E-state index contributed by atoms with van der Waals surface area (Å²) in [7, 11) is 1.60. The van der Waals surface area contributed by atoms with E-state index in [9.17, 15) is 4.79 Å². The van der Waals surface area contributed by atoms with Gasteiger partial charge in [0.15, 0.2) is 0 Å². The van der Waals surface area contributed by atoms with Crippen molar-refractivity contribution in [3.63, 3.8) is 0 Å². The fraction of sp³-hybridized carbons (Fsp3) is 0.632. The van der Waals surface area contributed by atoms with E-state index in [0.29, 0.717) is 16.5 Å². The van der Waals surface area contributed by atoms with E-state index < -0.39 is 0 Å². The fourth-order valence-electron chi connectivity index (χ4n) is 3.65. The average molecular weight is 398 g/mol. The van der Waals surface area contributed by atoms with Crippen LogP contribution in [0.3, 0.4) is 0 Å². The number of rotatable bonds is 4. The molecule has 2 amide bonds. The highest BCUT2D eigenvalue weighted by atomic mass is 35.5. The van der Waals surface area contributed by atoms with E-state index in [2.05, 4.69) is 10.2 Å². The number of likely N-dealkylation sites (tertiary alicyclic amines) is 1. The van der Waals surface area contributed by atoms with Gasteiger partial charge in [0.2, 0.25) is 0 Å². The summed E-state index contributed by atoms with van der Waals surface area (Å²) in [5, 5.41) is 3.60. The minimum Gasteiger partial charge on any atom is -0.495 e. The number of piperidine rings is 1. The molecule has 0 saturated carbocycles. The number of amides is 2. The number of thioether (sulfide) groups is 1. The van der Waals surface area contributed by atoms with Gasteiger partial charge in [-0.2, -0.15) is 11.8 Å². The predicted molar refractivity (Wildman–Crippen MR) is 110 cm³/mol. The number of hydrogen-bond acceptors (Lipinski definition) is 4. The number of carbonyl (C=O) groups is 1. The molecule has 2 heterocycles. The molecule has 0 radical (unpaired) electrons. The Morgan fingerprint density at radius 1 is 1.27 bits per heavy atom. The normalized spacial score (nSPS) is 21.9. The maximum Gasteiger partial charge on any atom is 0.322 e. The van der Waals surface area contributed by atoms with Crippen molar-refractivity contribution >= 4 is 35.1 Å². The zero-order chi connectivity index (χ0) is 18.4. The van der Waals surface area contributed by atoms with Crippen LogP contribution in [0.25, 0.3) is 0 Å². The van der Waals surface area contributed by atoms with E-state index >= 15 is 0 Å². The van der Waals surface area contributed by atoms with E-state index in [4.69, 9.17) is 16.3 Å². The number of halogens is 1. The van der Waals surface area contributed by atoms with Crippen molar-refractivity contribution in [2.75, 3.05) is 50.1 Å². The second-order valence-corrected chi connectivity index (χ2v) is 8.50. The molecule has 5 nitrogen and oxygen atoms in total. The zero-order valence-electron chi connectivity index (χ0n) is 15.4. The summed E-state index contributed by atoms with van der Waals surface area (Å²) in [6.45, 7) is 4.06. The summed E-state index contributed by atoms with van der Waals surface area (Å²) in [6, 6.07) is 5.46. The molecule has 26 heavy (non-hydrogen) atoms. The maximum absolute atomic E-state index is 13.0. The van der Waals surface area contributed by atoms with E-state index in [0.717, 1.165) is 44.1 Å². The molecular weight excluding hydrogens is 370 g/mol. The van der Waals surface area contributed by atoms with Crippen LogP contribution in [0.2, 0.25) is 5.02 Å². The molecule has 3 rings (SSSR count). The molecule has 7 heteroatoms. The molecule has 1 atom stereocenters. The third-order valence-electron chi connectivity index (χ3n) is 5.02. The van der Waals surface area contributed by atoms with Crippen LogP contribution in [0.4, 0.5) is 10.5 Å². The SMILES string of the molecule is COc1ccc(Cl)cc1NC(=O)N1CCCSCC1CN1CCCCC1. The van der Waals surface area contributed by atoms with E-state index in [1.54, 1.807) is 25.3 Å². The Hall–Kier alpha value is -1.11. The highest BCUT2D eigenvalue weighted by Gasteiger charge is 2.28. The van der Waals surface area contributed by atoms with Gasteiger partial charge in [-0.1, -0.05) is 18.0 Å². The lowest BCUT2D eigenvalue weighted by Crippen LogP contribution is -2.50. The third kappa shape index (κ3) is 5.21. The van der Waals surface area contributed by atoms with Crippen LogP contribution < -0.4 is 10.1 Å². The number of ether oxygens (including phenoxy) is 1. The molecule has 2 fully saturated rings. The van der Waals surface area contributed by atoms with Crippen molar-refractivity contribution in [2.24, 2.45) is 0 Å². The Morgan fingerprint density at radius 3 is 2.85 bits per heavy atom. The average Bonchev–Trinajstić information content (AvgIpc) is 2.88. The number of nitrogens with one attached hydrogen (secondary N) is 1. The Kier molecular flexibility index (Phi) is 7.34. The number of nitrogens with zero attached hydrogens (tertiary/aromatic N) is 2. The van der Waals surface area contributed by atoms with Gasteiger partial charge in [0.05, 0.1) is 18.8 Å². The van der Waals surface area contributed by atoms with Gasteiger partial charge in [-0.3, -0.25) is 0 Å². The first-order valence-electron chi connectivity index (χ1n) is 9.38. The van der Waals surface area contributed by atoms with Gasteiger partial charge < -0.3 is 19.9 Å². The Labute approximate surface area is 165 Å². The van der Waals surface area contributed by atoms with Gasteiger partial charge in [-0.15, -0.1) is 0 Å². The largest absolute Gasteiger partial charge is 0.495 e. The van der Waals surface area contributed by atoms with Crippen molar-refractivity contribution in [1.29, 1.82) is 0 Å². The van der Waals surface area contributed by atoms with Crippen LogP contribution in [0, 0.1) is 0 Å². The molecule has 0 aromatic heterocycles. The standard InChI is InChI=1S/C19H28ClN3O2S/c1-25-18-7-6-15(20)12-17(18)21-19(24)23-10-5-11-26-14-16(23)13-22-8-3-2-4-9-22/h6-7,12,16H,2-5,8-11,13-14H2,1H3,(H,21,24). The Morgan fingerprint density at radius 2 is 2.08 bits per heavy atom. The number of benzene rings is 1. The lowest BCUT2D eigenvalue weighted by atomic mass is 10.1. The van der Waals surface area contributed by atoms with Gasteiger partial charge in [0, 0.05) is 23.9 Å². The van der Waals surface area contributed by atoms with Crippen molar-refractivity contribution < 1.29 is 9.53 Å². The summed E-state index contributed by atoms with van der Waals surface area (Å²) in [5.41, 5.74) is 0.624. The molecule has 0 spiro atoms. The second kappa shape index (κ2) is 9.72. The second-order valence-electron chi connectivity index (χ2n) is 6.91. The first-order chi connectivity index (χ1) is 12.7. The third-order valence-corrected chi connectivity index (χ3v) is 6.45. The van der Waals surface area contributed by atoms with Crippen molar-refractivity contribution in [3.8, 4) is 5.75 Å². The molecular formula is C19H28ClN3O2S. The van der Waals surface area contributed by atoms with Gasteiger partial charge >= 0.3 is 6.03 Å². The molecule has 0 aliphatic carbocycles. The van der Waals surface area contributed by atoms with E-state index in [-0.39, 0.29) is 12.1 Å². The quantitative estimate of drug-likeness (QED) is 0.827. The molecule has 1 aromatic carbocycles. The van der Waals surface area contributed by atoms with Crippen molar-refractivity contribution in [1.82, 2.24) is 9.80 Å². The smallest absolute Gasteiger partial charge is 0.322 e. The number of hydrogen-bond donors (Lipinski definition) is 1. The van der Waals surface area contributed by atoms with Crippen LogP contribution in [-0.2, 0) is 0 Å². The summed E-state index contributed by atoms with van der Waals surface area (Å²) >= 11 is 8.05. The summed E-state index contributed by atoms with van der Waals surface area (Å²) in [6.07, 6.45) is 4.90. The monoisotopic (exact) mass is 397 g/mol. The van der Waals surface area contributed by atoms with Crippen LogP contribution in [0.1, 0.15) is 25.7 Å². The lowest BCUT2D eigenvalue weighted by molar-refractivity contribution is 0.151. The van der Waals surface area contributed by atoms with Crippen molar-refractivity contribution in [3.05, 3.63) is 23.2 Å². The van der Waals surface area contributed by atoms with Gasteiger partial charge in [-0.05, 0) is 56.3 Å². The highest BCUT2D eigenvalue weighted by molar-refractivity contribution is 7.99. The zero-order valence-corrected chi connectivity index (χ0v) is 17.0. The summed E-state index contributed by atoms with van der Waals surface area (Å²) in [5.74, 6) is 2.73. The molecule has 1 N–H and O–H groups in total. The van der Waals surface area contributed by atoms with E-state index in [1.807, 2.05) is 16.7 Å². The molecule has 0 bridgehead atoms. The number of anilines is 1. The molecule has 2 saturated heterocycles. The van der Waals surface area contributed by atoms with Crippen LogP contribution in [0.5, 0.6) is 5.75 Å². The van der Waals surface area contributed by atoms with Gasteiger partial charge in [0.25, 0.3) is 0 Å². The number of carbonyl (C=O) groups excluding carboxylic acids is 1. The molecule has 1 aromatic rings. The first kappa shape index (κ1) is 19.6. The molecule has 2 aliphatic rings. The fourth-order valence-corrected chi connectivity index (χ4v) is 4.88. The van der Waals surface area contributed by atoms with Crippen LogP contribution >= 0.6 is 23.4 Å². The minimum atomic E-state index is -0.0601. The van der Waals surface area contributed by atoms with Gasteiger partial charge in [-0.25, -0.2) is 4.79 Å². The molecule has 144 valence electrons. The lowest BCUT2D eigenvalue weighted by Gasteiger charge is -2.35.